The van der Waals surface area contributed by atoms with Gasteiger partial charge >= 0.3 is 5.97 Å². The molecule has 0 saturated heterocycles. The number of carbonyl (C=O) groups is 1. The Balaban J connectivity index is 3.12. The molecule has 0 aliphatic rings. The molecular weight excluding hydrogens is 152 g/mol. The fraction of sp³-hybridized carbons (Fsp3) is 0.200. The summed E-state index contributed by atoms with van der Waals surface area (Å²) in [7, 11) is 0. The zero-order chi connectivity index (χ0) is 9.14. The standard InChI is InChI=1S/C10H11O2/c1-3-8-4-5-9(10(11)12)7(2)6-8/h4-6H,1,3H2,2H3,(H,11,12). The number of aromatic carboxylic acids is 1. The van der Waals surface area contributed by atoms with Crippen LogP contribution < -0.4 is 0 Å². The van der Waals surface area contributed by atoms with Crippen LogP contribution in [-0.4, -0.2) is 11.1 Å². The molecule has 0 unspecified atom stereocenters. The first-order valence-corrected chi connectivity index (χ1v) is 3.77. The van der Waals surface area contributed by atoms with Gasteiger partial charge in [0.25, 0.3) is 0 Å². The lowest BCUT2D eigenvalue weighted by molar-refractivity contribution is 0.0696. The molecule has 63 valence electrons. The van der Waals surface area contributed by atoms with E-state index >= 15 is 0 Å². The van der Waals surface area contributed by atoms with E-state index in [1.54, 1.807) is 19.1 Å². The summed E-state index contributed by atoms with van der Waals surface area (Å²) in [5.74, 6) is -0.872. The molecule has 1 rings (SSSR count). The zero-order valence-electron chi connectivity index (χ0n) is 7.00. The first-order chi connectivity index (χ1) is 5.65. The summed E-state index contributed by atoms with van der Waals surface area (Å²) in [5, 5.41) is 8.71. The zero-order valence-corrected chi connectivity index (χ0v) is 7.00. The van der Waals surface area contributed by atoms with Crippen LogP contribution in [0.3, 0.4) is 0 Å². The van der Waals surface area contributed by atoms with Crippen LogP contribution in [0.4, 0.5) is 0 Å². The van der Waals surface area contributed by atoms with Gasteiger partial charge in [-0.15, -0.1) is 0 Å². The number of rotatable bonds is 2. The highest BCUT2D eigenvalue weighted by Crippen LogP contribution is 2.11. The van der Waals surface area contributed by atoms with Gasteiger partial charge < -0.3 is 5.11 Å². The summed E-state index contributed by atoms with van der Waals surface area (Å²) in [6, 6.07) is 5.28. The Bertz CT molecular complexity index is 303. The largest absolute Gasteiger partial charge is 0.478 e. The van der Waals surface area contributed by atoms with Gasteiger partial charge in [-0.05, 0) is 37.5 Å². The molecule has 1 radical (unpaired) electrons. The average molecular weight is 163 g/mol. The van der Waals surface area contributed by atoms with E-state index in [1.165, 1.54) is 0 Å². The second-order valence-electron chi connectivity index (χ2n) is 2.70. The third kappa shape index (κ3) is 1.64. The predicted molar refractivity (Wildman–Crippen MR) is 47.2 cm³/mol. The lowest BCUT2D eigenvalue weighted by atomic mass is 10.0. The number of carboxylic acid groups (broad SMARTS) is 1. The van der Waals surface area contributed by atoms with E-state index in [9.17, 15) is 4.79 Å². The molecule has 0 fully saturated rings. The van der Waals surface area contributed by atoms with Gasteiger partial charge in [-0.3, -0.25) is 0 Å². The monoisotopic (exact) mass is 163 g/mol. The van der Waals surface area contributed by atoms with E-state index < -0.39 is 5.97 Å². The summed E-state index contributed by atoms with van der Waals surface area (Å²) in [6.07, 6.45) is 0.695. The van der Waals surface area contributed by atoms with Crippen molar-refractivity contribution in [1.82, 2.24) is 0 Å². The van der Waals surface area contributed by atoms with E-state index in [1.807, 2.05) is 6.07 Å². The van der Waals surface area contributed by atoms with Crippen molar-refractivity contribution in [1.29, 1.82) is 0 Å². The molecule has 1 aromatic rings. The molecule has 0 aliphatic heterocycles. The Kier molecular flexibility index (Phi) is 2.48. The first-order valence-electron chi connectivity index (χ1n) is 3.77. The van der Waals surface area contributed by atoms with Crippen LogP contribution in [0, 0.1) is 13.8 Å². The van der Waals surface area contributed by atoms with Crippen LogP contribution in [-0.2, 0) is 6.42 Å². The van der Waals surface area contributed by atoms with Crippen molar-refractivity contribution in [3.05, 3.63) is 41.8 Å². The van der Waals surface area contributed by atoms with Crippen molar-refractivity contribution in [3.8, 4) is 0 Å². The van der Waals surface area contributed by atoms with Crippen LogP contribution in [0.1, 0.15) is 21.5 Å². The van der Waals surface area contributed by atoms with Gasteiger partial charge in [0.05, 0.1) is 5.56 Å². The molecule has 0 spiro atoms. The van der Waals surface area contributed by atoms with Crippen molar-refractivity contribution in [2.24, 2.45) is 0 Å². The van der Waals surface area contributed by atoms with Gasteiger partial charge in [-0.2, -0.15) is 0 Å². The summed E-state index contributed by atoms with van der Waals surface area (Å²) < 4.78 is 0. The lowest BCUT2D eigenvalue weighted by Crippen LogP contribution is -1.99. The maximum absolute atomic E-state index is 10.6. The van der Waals surface area contributed by atoms with Gasteiger partial charge in [0.15, 0.2) is 0 Å². The Labute approximate surface area is 71.8 Å². The number of hydrogen-bond donors (Lipinski definition) is 1. The Morgan fingerprint density at radius 1 is 1.58 bits per heavy atom. The molecule has 2 nitrogen and oxygen atoms in total. The Morgan fingerprint density at radius 2 is 2.25 bits per heavy atom. The Morgan fingerprint density at radius 3 is 2.67 bits per heavy atom. The molecule has 0 aromatic heterocycles. The average Bonchev–Trinajstić information content (AvgIpc) is 2.03. The molecule has 0 amide bonds. The quantitative estimate of drug-likeness (QED) is 0.724. The molecule has 1 aromatic carbocycles. The maximum Gasteiger partial charge on any atom is 0.335 e. The van der Waals surface area contributed by atoms with Crippen molar-refractivity contribution >= 4 is 5.97 Å². The number of aryl methyl sites for hydroxylation is 1. The number of hydrogen-bond acceptors (Lipinski definition) is 1. The molecule has 0 heterocycles. The third-order valence-corrected chi connectivity index (χ3v) is 1.81. The van der Waals surface area contributed by atoms with Crippen LogP contribution >= 0.6 is 0 Å². The van der Waals surface area contributed by atoms with Crippen LogP contribution in [0.2, 0.25) is 0 Å². The minimum Gasteiger partial charge on any atom is -0.478 e. The van der Waals surface area contributed by atoms with Crippen LogP contribution in [0.5, 0.6) is 0 Å². The van der Waals surface area contributed by atoms with Crippen LogP contribution in [0.25, 0.3) is 0 Å². The second-order valence-corrected chi connectivity index (χ2v) is 2.70. The van der Waals surface area contributed by atoms with Crippen LogP contribution in [0.15, 0.2) is 18.2 Å². The summed E-state index contributed by atoms with van der Waals surface area (Å²) in [6.45, 7) is 5.52. The minimum atomic E-state index is -0.872. The molecular formula is C10H11O2. The normalized spacial score (nSPS) is 9.83. The molecule has 0 saturated carbocycles. The lowest BCUT2D eigenvalue weighted by Gasteiger charge is -2.02. The third-order valence-electron chi connectivity index (χ3n) is 1.81. The van der Waals surface area contributed by atoms with E-state index in [-0.39, 0.29) is 0 Å². The molecule has 0 bridgehead atoms. The van der Waals surface area contributed by atoms with Gasteiger partial charge in [-0.1, -0.05) is 12.1 Å². The smallest absolute Gasteiger partial charge is 0.335 e. The van der Waals surface area contributed by atoms with E-state index in [4.69, 9.17) is 5.11 Å². The number of benzene rings is 1. The number of carboxylic acids is 1. The highest BCUT2D eigenvalue weighted by Gasteiger charge is 2.05. The molecule has 12 heavy (non-hydrogen) atoms. The fourth-order valence-corrected chi connectivity index (χ4v) is 1.12. The van der Waals surface area contributed by atoms with Gasteiger partial charge in [0.2, 0.25) is 0 Å². The summed E-state index contributed by atoms with van der Waals surface area (Å²) >= 11 is 0. The molecule has 1 N–H and O–H groups in total. The van der Waals surface area contributed by atoms with Crippen molar-refractivity contribution in [2.75, 3.05) is 0 Å². The van der Waals surface area contributed by atoms with Gasteiger partial charge in [0.1, 0.15) is 0 Å². The Hall–Kier alpha value is -1.31. The predicted octanol–water partition coefficient (Wildman–Crippen LogP) is 2.07. The molecule has 0 atom stereocenters. The van der Waals surface area contributed by atoms with E-state index in [0.29, 0.717) is 12.0 Å². The second kappa shape index (κ2) is 3.39. The van der Waals surface area contributed by atoms with Gasteiger partial charge in [-0.25, -0.2) is 4.79 Å². The summed E-state index contributed by atoms with van der Waals surface area (Å²) in [4.78, 5) is 10.6. The SMILES string of the molecule is [CH2]Cc1ccc(C(=O)O)c(C)c1. The molecule has 2 heteroatoms. The maximum atomic E-state index is 10.6. The van der Waals surface area contributed by atoms with Gasteiger partial charge in [0, 0.05) is 0 Å². The van der Waals surface area contributed by atoms with Crippen molar-refractivity contribution in [3.63, 3.8) is 0 Å². The van der Waals surface area contributed by atoms with E-state index in [2.05, 4.69) is 6.92 Å². The first kappa shape index (κ1) is 8.78. The summed E-state index contributed by atoms with van der Waals surface area (Å²) in [5.41, 5.74) is 2.23. The highest BCUT2D eigenvalue weighted by molar-refractivity contribution is 5.89. The van der Waals surface area contributed by atoms with Crippen molar-refractivity contribution < 1.29 is 9.90 Å². The minimum absolute atomic E-state index is 0.368. The van der Waals surface area contributed by atoms with E-state index in [0.717, 1.165) is 11.1 Å². The fourth-order valence-electron chi connectivity index (χ4n) is 1.12. The topological polar surface area (TPSA) is 37.3 Å². The highest BCUT2D eigenvalue weighted by atomic mass is 16.4. The molecule has 0 aliphatic carbocycles. The van der Waals surface area contributed by atoms with Crippen molar-refractivity contribution in [2.45, 2.75) is 13.3 Å².